The highest BCUT2D eigenvalue weighted by Crippen LogP contribution is 2.26. The maximum Gasteiger partial charge on any atom is 0.287 e. The Balaban J connectivity index is 1.81. The second-order valence-electron chi connectivity index (χ2n) is 5.21. The average molecular weight is 290 g/mol. The average Bonchev–Trinajstić information content (AvgIpc) is 2.79. The number of amides is 2. The van der Waals surface area contributed by atoms with Crippen molar-refractivity contribution in [3.05, 3.63) is 35.3 Å². The number of fused-ring (bicyclic) bond motifs is 1. The number of piperidine rings is 1. The second-order valence-corrected chi connectivity index (χ2v) is 5.21. The zero-order chi connectivity index (χ0) is 15.0. The first-order valence-corrected chi connectivity index (χ1v) is 6.81. The van der Waals surface area contributed by atoms with Crippen LogP contribution in [0.25, 0.3) is 11.0 Å². The van der Waals surface area contributed by atoms with Crippen molar-refractivity contribution in [2.45, 2.75) is 25.8 Å². The monoisotopic (exact) mass is 290 g/mol. The van der Waals surface area contributed by atoms with E-state index in [4.69, 9.17) is 4.42 Å². The maximum atomic E-state index is 13.3. The van der Waals surface area contributed by atoms with E-state index in [0.29, 0.717) is 35.9 Å². The fraction of sp³-hybridized carbons (Fsp3) is 0.333. The Kier molecular flexibility index (Phi) is 3.37. The van der Waals surface area contributed by atoms with E-state index in [-0.39, 0.29) is 29.4 Å². The summed E-state index contributed by atoms with van der Waals surface area (Å²) in [5, 5.41) is 6.13. The minimum Gasteiger partial charge on any atom is -0.451 e. The molecule has 21 heavy (non-hydrogen) atoms. The third-order valence-electron chi connectivity index (χ3n) is 3.71. The molecule has 0 spiro atoms. The molecule has 0 aliphatic carbocycles. The predicted octanol–water partition coefficient (Wildman–Crippen LogP) is 1.89. The molecule has 1 unspecified atom stereocenters. The van der Waals surface area contributed by atoms with Gasteiger partial charge in [-0.05, 0) is 31.5 Å². The summed E-state index contributed by atoms with van der Waals surface area (Å²) < 4.78 is 18.8. The van der Waals surface area contributed by atoms with Crippen LogP contribution in [0, 0.1) is 12.7 Å². The standard InChI is InChI=1S/C15H15FN2O3/c1-8-11-6-9(16)2-4-12(11)21-14(8)15(20)18-10-3-5-13(19)17-7-10/h2,4,6,10H,3,5,7H2,1H3,(H,17,19)(H,18,20). The van der Waals surface area contributed by atoms with Crippen molar-refractivity contribution in [3.63, 3.8) is 0 Å². The van der Waals surface area contributed by atoms with E-state index in [1.54, 1.807) is 6.92 Å². The third kappa shape index (κ3) is 2.61. The van der Waals surface area contributed by atoms with E-state index in [9.17, 15) is 14.0 Å². The van der Waals surface area contributed by atoms with Crippen LogP contribution >= 0.6 is 0 Å². The predicted molar refractivity (Wildman–Crippen MR) is 74.4 cm³/mol. The maximum absolute atomic E-state index is 13.3. The number of nitrogens with one attached hydrogen (secondary N) is 2. The van der Waals surface area contributed by atoms with Crippen LogP contribution in [-0.4, -0.2) is 24.4 Å². The summed E-state index contributed by atoms with van der Waals surface area (Å²) in [7, 11) is 0. The lowest BCUT2D eigenvalue weighted by Crippen LogP contribution is -2.47. The Bertz CT molecular complexity index is 713. The molecule has 3 rings (SSSR count). The molecule has 1 atom stereocenters. The van der Waals surface area contributed by atoms with Gasteiger partial charge in [0, 0.05) is 30.0 Å². The van der Waals surface area contributed by atoms with Crippen LogP contribution in [0.3, 0.4) is 0 Å². The molecule has 2 amide bonds. The van der Waals surface area contributed by atoms with E-state index in [0.717, 1.165) is 0 Å². The largest absolute Gasteiger partial charge is 0.451 e. The number of benzene rings is 1. The molecule has 110 valence electrons. The van der Waals surface area contributed by atoms with E-state index in [2.05, 4.69) is 10.6 Å². The van der Waals surface area contributed by atoms with Crippen molar-refractivity contribution in [1.82, 2.24) is 10.6 Å². The van der Waals surface area contributed by atoms with Crippen LogP contribution in [0.4, 0.5) is 4.39 Å². The van der Waals surface area contributed by atoms with Crippen molar-refractivity contribution in [2.24, 2.45) is 0 Å². The number of hydrogen-bond donors (Lipinski definition) is 2. The van der Waals surface area contributed by atoms with Gasteiger partial charge < -0.3 is 15.1 Å². The van der Waals surface area contributed by atoms with E-state index in [1.807, 2.05) is 0 Å². The lowest BCUT2D eigenvalue weighted by atomic mass is 10.1. The quantitative estimate of drug-likeness (QED) is 0.887. The Morgan fingerprint density at radius 1 is 1.48 bits per heavy atom. The molecule has 1 aromatic carbocycles. The first-order valence-electron chi connectivity index (χ1n) is 6.81. The summed E-state index contributed by atoms with van der Waals surface area (Å²) in [5.74, 6) is -0.526. The molecule has 0 bridgehead atoms. The van der Waals surface area contributed by atoms with Gasteiger partial charge >= 0.3 is 0 Å². The van der Waals surface area contributed by atoms with Gasteiger partial charge in [0.15, 0.2) is 5.76 Å². The van der Waals surface area contributed by atoms with Crippen molar-refractivity contribution >= 4 is 22.8 Å². The lowest BCUT2D eigenvalue weighted by molar-refractivity contribution is -0.122. The minimum atomic E-state index is -0.367. The number of rotatable bonds is 2. The van der Waals surface area contributed by atoms with E-state index in [1.165, 1.54) is 18.2 Å². The summed E-state index contributed by atoms with van der Waals surface area (Å²) in [6.07, 6.45) is 1.00. The molecule has 6 heteroatoms. The summed E-state index contributed by atoms with van der Waals surface area (Å²) in [4.78, 5) is 23.3. The van der Waals surface area contributed by atoms with Crippen molar-refractivity contribution in [1.29, 1.82) is 0 Å². The molecule has 5 nitrogen and oxygen atoms in total. The zero-order valence-electron chi connectivity index (χ0n) is 11.5. The Hall–Kier alpha value is -2.37. The molecule has 1 aliphatic heterocycles. The van der Waals surface area contributed by atoms with Gasteiger partial charge in [-0.2, -0.15) is 0 Å². The molecular formula is C15H15FN2O3. The smallest absolute Gasteiger partial charge is 0.287 e. The minimum absolute atomic E-state index is 0.00380. The van der Waals surface area contributed by atoms with E-state index >= 15 is 0 Å². The summed E-state index contributed by atoms with van der Waals surface area (Å²) in [5.41, 5.74) is 1.10. The van der Waals surface area contributed by atoms with Crippen LogP contribution in [0.15, 0.2) is 22.6 Å². The van der Waals surface area contributed by atoms with Gasteiger partial charge in [0.2, 0.25) is 5.91 Å². The molecule has 0 saturated carbocycles. The number of carbonyl (C=O) groups excluding carboxylic acids is 2. The van der Waals surface area contributed by atoms with Gasteiger partial charge in [-0.25, -0.2) is 4.39 Å². The Morgan fingerprint density at radius 2 is 2.29 bits per heavy atom. The highest BCUT2D eigenvalue weighted by Gasteiger charge is 2.23. The third-order valence-corrected chi connectivity index (χ3v) is 3.71. The number of halogens is 1. The summed E-state index contributed by atoms with van der Waals surface area (Å²) >= 11 is 0. The number of hydrogen-bond acceptors (Lipinski definition) is 3. The number of aryl methyl sites for hydroxylation is 1. The van der Waals surface area contributed by atoms with Crippen LogP contribution in [-0.2, 0) is 4.79 Å². The van der Waals surface area contributed by atoms with Gasteiger partial charge in [0.1, 0.15) is 11.4 Å². The zero-order valence-corrected chi connectivity index (χ0v) is 11.5. The van der Waals surface area contributed by atoms with Gasteiger partial charge in [0.25, 0.3) is 5.91 Å². The van der Waals surface area contributed by atoms with Crippen molar-refractivity contribution < 1.29 is 18.4 Å². The highest BCUT2D eigenvalue weighted by molar-refractivity contribution is 5.99. The molecule has 1 saturated heterocycles. The molecule has 0 radical (unpaired) electrons. The molecular weight excluding hydrogens is 275 g/mol. The highest BCUT2D eigenvalue weighted by atomic mass is 19.1. The van der Waals surface area contributed by atoms with Crippen LogP contribution in [0.5, 0.6) is 0 Å². The number of furan rings is 1. The molecule has 1 fully saturated rings. The van der Waals surface area contributed by atoms with Gasteiger partial charge in [-0.1, -0.05) is 0 Å². The summed E-state index contributed by atoms with van der Waals surface area (Å²) in [6, 6.07) is 4.05. The fourth-order valence-electron chi connectivity index (χ4n) is 2.52. The Labute approximate surface area is 120 Å². The van der Waals surface area contributed by atoms with E-state index < -0.39 is 0 Å². The SMILES string of the molecule is Cc1c(C(=O)NC2CCC(=O)NC2)oc2ccc(F)cc12. The second kappa shape index (κ2) is 5.20. The van der Waals surface area contributed by atoms with Gasteiger partial charge in [-0.15, -0.1) is 0 Å². The summed E-state index contributed by atoms with van der Waals surface area (Å²) in [6.45, 7) is 2.14. The van der Waals surface area contributed by atoms with Crippen molar-refractivity contribution in [3.8, 4) is 0 Å². The normalized spacial score (nSPS) is 18.6. The Morgan fingerprint density at radius 3 is 3.00 bits per heavy atom. The van der Waals surface area contributed by atoms with Crippen LogP contribution in [0.1, 0.15) is 29.0 Å². The van der Waals surface area contributed by atoms with Gasteiger partial charge in [0.05, 0.1) is 0 Å². The van der Waals surface area contributed by atoms with Crippen LogP contribution in [0.2, 0.25) is 0 Å². The molecule has 2 aromatic rings. The van der Waals surface area contributed by atoms with Gasteiger partial charge in [-0.3, -0.25) is 9.59 Å². The molecule has 2 heterocycles. The first kappa shape index (κ1) is 13.6. The van der Waals surface area contributed by atoms with Crippen LogP contribution < -0.4 is 10.6 Å². The first-order chi connectivity index (χ1) is 10.0. The molecule has 1 aliphatic rings. The molecule has 2 N–H and O–H groups in total. The van der Waals surface area contributed by atoms with Crippen molar-refractivity contribution in [2.75, 3.05) is 6.54 Å². The lowest BCUT2D eigenvalue weighted by Gasteiger charge is -2.23. The number of carbonyl (C=O) groups is 2. The fourth-order valence-corrected chi connectivity index (χ4v) is 2.52. The molecule has 1 aromatic heterocycles. The topological polar surface area (TPSA) is 71.3 Å².